The summed E-state index contributed by atoms with van der Waals surface area (Å²) in [5.41, 5.74) is 8.05. The Labute approximate surface area is 161 Å². The van der Waals surface area contributed by atoms with Gasteiger partial charge >= 0.3 is 0 Å². The zero-order chi connectivity index (χ0) is 18.4. The SMILES string of the molecule is CC(N)(CO)CCc1ccc(C#Cc2ccc(C3CCCCC3)cc2)s1. The van der Waals surface area contributed by atoms with Crippen molar-refractivity contribution in [3.05, 3.63) is 57.3 Å². The molecule has 0 amide bonds. The molecule has 0 aliphatic heterocycles. The molecule has 1 aliphatic carbocycles. The Bertz CT molecular complexity index is 757. The van der Waals surface area contributed by atoms with Gasteiger partial charge in [0, 0.05) is 16.0 Å². The van der Waals surface area contributed by atoms with Crippen molar-refractivity contribution in [2.24, 2.45) is 5.73 Å². The van der Waals surface area contributed by atoms with Gasteiger partial charge in [-0.1, -0.05) is 43.2 Å². The van der Waals surface area contributed by atoms with Crippen molar-refractivity contribution in [3.63, 3.8) is 0 Å². The maximum absolute atomic E-state index is 9.25. The summed E-state index contributed by atoms with van der Waals surface area (Å²) >= 11 is 1.72. The van der Waals surface area contributed by atoms with Crippen LogP contribution in [0.3, 0.4) is 0 Å². The molecule has 1 aliphatic rings. The van der Waals surface area contributed by atoms with Crippen LogP contribution in [0.25, 0.3) is 0 Å². The Morgan fingerprint density at radius 2 is 1.81 bits per heavy atom. The number of aliphatic hydroxyl groups is 1. The van der Waals surface area contributed by atoms with Gasteiger partial charge in [-0.25, -0.2) is 0 Å². The Kier molecular flexibility index (Phi) is 6.53. The topological polar surface area (TPSA) is 46.2 Å². The highest BCUT2D eigenvalue weighted by atomic mass is 32.1. The molecule has 3 heteroatoms. The first-order valence-corrected chi connectivity index (χ1v) is 10.5. The third kappa shape index (κ3) is 5.45. The van der Waals surface area contributed by atoms with Crippen LogP contribution in [0, 0.1) is 11.8 Å². The second-order valence-electron chi connectivity index (χ2n) is 7.79. The fraction of sp³-hybridized carbons (Fsp3) is 0.478. The monoisotopic (exact) mass is 367 g/mol. The molecule has 1 unspecified atom stereocenters. The highest BCUT2D eigenvalue weighted by Gasteiger charge is 2.17. The fourth-order valence-electron chi connectivity index (χ4n) is 3.48. The lowest BCUT2D eigenvalue weighted by Gasteiger charge is -2.21. The van der Waals surface area contributed by atoms with Gasteiger partial charge in [-0.15, -0.1) is 11.3 Å². The Balaban J connectivity index is 1.59. The molecule has 1 fully saturated rings. The van der Waals surface area contributed by atoms with Crippen LogP contribution in [0.1, 0.15) is 72.2 Å². The number of hydrogen-bond acceptors (Lipinski definition) is 3. The van der Waals surface area contributed by atoms with Crippen molar-refractivity contribution in [1.82, 2.24) is 0 Å². The van der Waals surface area contributed by atoms with E-state index in [0.29, 0.717) is 0 Å². The zero-order valence-corrected chi connectivity index (χ0v) is 16.4. The summed E-state index contributed by atoms with van der Waals surface area (Å²) in [5, 5.41) is 9.25. The molecule has 0 bridgehead atoms. The summed E-state index contributed by atoms with van der Waals surface area (Å²) in [6.07, 6.45) is 8.47. The van der Waals surface area contributed by atoms with E-state index in [1.807, 2.05) is 6.92 Å². The number of hydrogen-bond donors (Lipinski definition) is 2. The van der Waals surface area contributed by atoms with Crippen LogP contribution in [0.2, 0.25) is 0 Å². The van der Waals surface area contributed by atoms with Gasteiger partial charge in [0.1, 0.15) is 0 Å². The molecule has 1 aromatic carbocycles. The van der Waals surface area contributed by atoms with Crippen molar-refractivity contribution in [2.75, 3.05) is 6.61 Å². The van der Waals surface area contributed by atoms with E-state index in [0.717, 1.165) is 29.2 Å². The van der Waals surface area contributed by atoms with Crippen LogP contribution in [-0.2, 0) is 6.42 Å². The summed E-state index contributed by atoms with van der Waals surface area (Å²) in [7, 11) is 0. The van der Waals surface area contributed by atoms with Gasteiger partial charge in [0.25, 0.3) is 0 Å². The summed E-state index contributed by atoms with van der Waals surface area (Å²) in [6.45, 7) is 1.90. The van der Waals surface area contributed by atoms with Crippen molar-refractivity contribution < 1.29 is 5.11 Å². The number of rotatable bonds is 5. The summed E-state index contributed by atoms with van der Waals surface area (Å²) in [6, 6.07) is 13.0. The molecule has 2 aromatic rings. The van der Waals surface area contributed by atoms with Crippen molar-refractivity contribution in [2.45, 2.75) is 63.3 Å². The number of aryl methyl sites for hydroxylation is 1. The summed E-state index contributed by atoms with van der Waals surface area (Å²) in [5.74, 6) is 7.31. The highest BCUT2D eigenvalue weighted by molar-refractivity contribution is 7.12. The first-order chi connectivity index (χ1) is 12.6. The minimum absolute atomic E-state index is 0.0158. The van der Waals surface area contributed by atoms with Crippen LogP contribution in [0.15, 0.2) is 36.4 Å². The van der Waals surface area contributed by atoms with Gasteiger partial charge in [0.05, 0.1) is 11.5 Å². The standard InChI is InChI=1S/C23H29NOS/c1-23(24,17-25)16-15-22-14-13-21(26-22)12-9-18-7-10-20(11-8-18)19-5-3-2-4-6-19/h7-8,10-11,13-14,19,25H,2-6,15-17,24H2,1H3. The van der Waals surface area contributed by atoms with E-state index < -0.39 is 5.54 Å². The molecule has 0 spiro atoms. The summed E-state index contributed by atoms with van der Waals surface area (Å²) < 4.78 is 0. The van der Waals surface area contributed by atoms with E-state index in [2.05, 4.69) is 48.2 Å². The highest BCUT2D eigenvalue weighted by Crippen LogP contribution is 2.32. The molecule has 1 aromatic heterocycles. The van der Waals surface area contributed by atoms with E-state index >= 15 is 0 Å². The lowest BCUT2D eigenvalue weighted by atomic mass is 9.84. The molecule has 0 radical (unpaired) electrons. The fourth-order valence-corrected chi connectivity index (χ4v) is 4.34. The molecule has 1 saturated carbocycles. The second-order valence-corrected chi connectivity index (χ2v) is 8.95. The van der Waals surface area contributed by atoms with E-state index in [-0.39, 0.29) is 6.61 Å². The normalized spacial score (nSPS) is 17.3. The molecule has 3 N–H and O–H groups in total. The van der Waals surface area contributed by atoms with Crippen LogP contribution >= 0.6 is 11.3 Å². The minimum Gasteiger partial charge on any atom is -0.394 e. The van der Waals surface area contributed by atoms with Gasteiger partial charge in [-0.05, 0) is 68.4 Å². The molecule has 3 rings (SSSR count). The van der Waals surface area contributed by atoms with E-state index in [1.54, 1.807) is 11.3 Å². The molecule has 26 heavy (non-hydrogen) atoms. The quantitative estimate of drug-likeness (QED) is 0.743. The number of benzene rings is 1. The third-order valence-corrected chi connectivity index (χ3v) is 6.34. The predicted molar refractivity (Wildman–Crippen MR) is 111 cm³/mol. The first-order valence-electron chi connectivity index (χ1n) is 9.66. The lowest BCUT2D eigenvalue weighted by Crippen LogP contribution is -2.40. The number of aliphatic hydroxyl groups excluding tert-OH is 1. The zero-order valence-electron chi connectivity index (χ0n) is 15.6. The summed E-state index contributed by atoms with van der Waals surface area (Å²) in [4.78, 5) is 2.35. The van der Waals surface area contributed by atoms with Crippen LogP contribution < -0.4 is 5.73 Å². The molecule has 138 valence electrons. The second kappa shape index (κ2) is 8.86. The average molecular weight is 368 g/mol. The molecule has 2 nitrogen and oxygen atoms in total. The lowest BCUT2D eigenvalue weighted by molar-refractivity contribution is 0.201. The van der Waals surface area contributed by atoms with Gasteiger partial charge < -0.3 is 10.8 Å². The molecule has 1 heterocycles. The maximum atomic E-state index is 9.25. The van der Waals surface area contributed by atoms with Crippen LogP contribution in [0.5, 0.6) is 0 Å². The van der Waals surface area contributed by atoms with Gasteiger partial charge in [-0.2, -0.15) is 0 Å². The minimum atomic E-state index is -0.504. The molecular formula is C23H29NOS. The number of thiophene rings is 1. The van der Waals surface area contributed by atoms with Gasteiger partial charge in [0.2, 0.25) is 0 Å². The van der Waals surface area contributed by atoms with E-state index in [4.69, 9.17) is 5.73 Å². The smallest absolute Gasteiger partial charge is 0.0775 e. The van der Waals surface area contributed by atoms with Crippen LogP contribution in [0.4, 0.5) is 0 Å². The Hall–Kier alpha value is -1.60. The van der Waals surface area contributed by atoms with Crippen molar-refractivity contribution >= 4 is 11.3 Å². The van der Waals surface area contributed by atoms with Gasteiger partial charge in [-0.3, -0.25) is 0 Å². The Morgan fingerprint density at radius 3 is 2.50 bits per heavy atom. The average Bonchev–Trinajstić information content (AvgIpc) is 3.14. The largest absolute Gasteiger partial charge is 0.394 e. The number of nitrogens with two attached hydrogens (primary N) is 1. The van der Waals surface area contributed by atoms with E-state index in [1.165, 1.54) is 42.5 Å². The maximum Gasteiger partial charge on any atom is 0.0775 e. The first kappa shape index (κ1) is 19.2. The van der Waals surface area contributed by atoms with Crippen LogP contribution in [-0.4, -0.2) is 17.3 Å². The molecular weight excluding hydrogens is 338 g/mol. The van der Waals surface area contributed by atoms with E-state index in [9.17, 15) is 5.11 Å². The molecule has 1 atom stereocenters. The Morgan fingerprint density at radius 1 is 1.08 bits per heavy atom. The van der Waals surface area contributed by atoms with Crippen molar-refractivity contribution in [1.29, 1.82) is 0 Å². The van der Waals surface area contributed by atoms with Gasteiger partial charge in [0.15, 0.2) is 0 Å². The third-order valence-electron chi connectivity index (χ3n) is 5.28. The predicted octanol–water partition coefficient (Wildman–Crippen LogP) is 4.84. The molecule has 0 saturated heterocycles. The van der Waals surface area contributed by atoms with Crippen molar-refractivity contribution in [3.8, 4) is 11.8 Å².